The molecule has 1 atom stereocenters. The van der Waals surface area contributed by atoms with E-state index in [2.05, 4.69) is 11.1 Å². The molecule has 102 valence electrons. The van der Waals surface area contributed by atoms with Crippen molar-refractivity contribution >= 4 is 0 Å². The molecule has 1 aliphatic carbocycles. The topological polar surface area (TPSA) is 55.1 Å². The molecule has 0 radical (unpaired) electrons. The Morgan fingerprint density at radius 1 is 1.42 bits per heavy atom. The van der Waals surface area contributed by atoms with Crippen molar-refractivity contribution in [2.24, 2.45) is 0 Å². The molecule has 1 aromatic rings. The highest BCUT2D eigenvalue weighted by atomic mass is 16.5. The monoisotopic (exact) mass is 260 g/mol. The second-order valence-corrected chi connectivity index (χ2v) is 4.85. The van der Waals surface area contributed by atoms with Crippen LogP contribution in [0.5, 0.6) is 5.88 Å². The average Bonchev–Trinajstić information content (AvgIpc) is 2.44. The fourth-order valence-electron chi connectivity index (χ4n) is 2.29. The minimum Gasteiger partial charge on any atom is -0.471 e. The molecule has 1 heterocycles. The Morgan fingerprint density at radius 3 is 2.95 bits per heavy atom. The quantitative estimate of drug-likeness (QED) is 0.816. The van der Waals surface area contributed by atoms with Gasteiger partial charge in [-0.05, 0) is 51.2 Å². The minimum absolute atomic E-state index is 0.0961. The van der Waals surface area contributed by atoms with Gasteiger partial charge in [-0.15, -0.1) is 0 Å². The maximum Gasteiger partial charge on any atom is 0.232 e. The largest absolute Gasteiger partial charge is 0.471 e. The van der Waals surface area contributed by atoms with Crippen LogP contribution in [0, 0.1) is 11.3 Å². The second kappa shape index (κ2) is 6.53. The van der Waals surface area contributed by atoms with Gasteiger partial charge in [-0.2, -0.15) is 5.26 Å². The summed E-state index contributed by atoms with van der Waals surface area (Å²) >= 11 is 0. The van der Waals surface area contributed by atoms with E-state index in [1.54, 1.807) is 0 Å². The van der Waals surface area contributed by atoms with Crippen LogP contribution in [0.1, 0.15) is 43.5 Å². The molecule has 0 aromatic carbocycles. The third-order valence-corrected chi connectivity index (χ3v) is 3.26. The van der Waals surface area contributed by atoms with E-state index in [9.17, 15) is 5.26 Å². The van der Waals surface area contributed by atoms with Crippen LogP contribution >= 0.6 is 0 Å². The third kappa shape index (κ3) is 3.45. The van der Waals surface area contributed by atoms with Crippen molar-refractivity contribution in [2.75, 3.05) is 13.2 Å². The molecule has 1 aliphatic rings. The lowest BCUT2D eigenvalue weighted by molar-refractivity contribution is 0.0630. The molecule has 4 nitrogen and oxygen atoms in total. The van der Waals surface area contributed by atoms with E-state index in [0.29, 0.717) is 24.7 Å². The van der Waals surface area contributed by atoms with E-state index in [1.807, 2.05) is 19.9 Å². The molecule has 1 aromatic heterocycles. The zero-order valence-electron chi connectivity index (χ0n) is 11.6. The molecule has 0 spiro atoms. The number of ether oxygens (including phenoxy) is 2. The first-order chi connectivity index (χ1) is 9.24. The van der Waals surface area contributed by atoms with Gasteiger partial charge in [0.15, 0.2) is 0 Å². The van der Waals surface area contributed by atoms with Crippen molar-refractivity contribution in [1.82, 2.24) is 4.98 Å². The number of hydrogen-bond acceptors (Lipinski definition) is 4. The van der Waals surface area contributed by atoms with Crippen LogP contribution in [0.2, 0.25) is 0 Å². The first-order valence-electron chi connectivity index (χ1n) is 6.92. The lowest BCUT2D eigenvalue weighted by Crippen LogP contribution is -2.21. The highest BCUT2D eigenvalue weighted by Gasteiger charge is 2.17. The van der Waals surface area contributed by atoms with E-state index < -0.39 is 0 Å². The molecule has 2 rings (SSSR count). The molecular formula is C15H20N2O2. The van der Waals surface area contributed by atoms with Crippen molar-refractivity contribution in [2.45, 2.75) is 45.6 Å². The Labute approximate surface area is 114 Å². The van der Waals surface area contributed by atoms with Gasteiger partial charge in [-0.1, -0.05) is 0 Å². The van der Waals surface area contributed by atoms with Crippen LogP contribution in [-0.4, -0.2) is 24.3 Å². The summed E-state index contributed by atoms with van der Waals surface area (Å²) in [6.07, 6.45) is 4.25. The Hall–Kier alpha value is -1.60. The second-order valence-electron chi connectivity index (χ2n) is 4.85. The summed E-state index contributed by atoms with van der Waals surface area (Å²) in [6, 6.07) is 4.11. The first-order valence-corrected chi connectivity index (χ1v) is 6.92. The molecule has 0 bridgehead atoms. The number of nitrogens with zero attached hydrogens (tertiary/aromatic N) is 2. The van der Waals surface area contributed by atoms with Crippen molar-refractivity contribution in [3.05, 3.63) is 22.9 Å². The number of aromatic nitrogens is 1. The van der Waals surface area contributed by atoms with Crippen molar-refractivity contribution in [3.63, 3.8) is 0 Å². The Morgan fingerprint density at radius 2 is 2.21 bits per heavy atom. The molecule has 0 amide bonds. The molecule has 4 heteroatoms. The number of fused-ring (bicyclic) bond motifs is 1. The summed E-state index contributed by atoms with van der Waals surface area (Å²) in [5.74, 6) is 0.454. The van der Waals surface area contributed by atoms with E-state index in [1.165, 1.54) is 18.4 Å². The van der Waals surface area contributed by atoms with Gasteiger partial charge in [-0.25, -0.2) is 4.98 Å². The summed E-state index contributed by atoms with van der Waals surface area (Å²) in [5.41, 5.74) is 2.82. The van der Waals surface area contributed by atoms with Gasteiger partial charge in [0, 0.05) is 12.3 Å². The summed E-state index contributed by atoms with van der Waals surface area (Å²) in [6.45, 7) is 5.05. The average molecular weight is 260 g/mol. The zero-order chi connectivity index (χ0) is 13.7. The third-order valence-electron chi connectivity index (χ3n) is 3.26. The van der Waals surface area contributed by atoms with E-state index in [0.717, 1.165) is 18.5 Å². The predicted octanol–water partition coefficient (Wildman–Crippen LogP) is 2.64. The molecule has 0 saturated heterocycles. The molecule has 0 fully saturated rings. The van der Waals surface area contributed by atoms with Crippen LogP contribution < -0.4 is 4.74 Å². The SMILES string of the molecule is CCOCC(C)Oc1nc2c(cc1C#N)CCCC2. The Balaban J connectivity index is 2.17. The van der Waals surface area contributed by atoms with Gasteiger partial charge in [0.2, 0.25) is 5.88 Å². The maximum atomic E-state index is 9.21. The molecule has 0 saturated carbocycles. The molecule has 0 N–H and O–H groups in total. The molecule has 19 heavy (non-hydrogen) atoms. The fraction of sp³-hybridized carbons (Fsp3) is 0.600. The Bertz CT molecular complexity index is 480. The highest BCUT2D eigenvalue weighted by molar-refractivity contribution is 5.43. The Kier molecular flexibility index (Phi) is 4.75. The lowest BCUT2D eigenvalue weighted by atomic mass is 9.95. The van der Waals surface area contributed by atoms with E-state index in [4.69, 9.17) is 9.47 Å². The predicted molar refractivity (Wildman–Crippen MR) is 72.2 cm³/mol. The van der Waals surface area contributed by atoms with Gasteiger partial charge in [0.1, 0.15) is 17.7 Å². The molecule has 0 aliphatic heterocycles. The van der Waals surface area contributed by atoms with Gasteiger partial charge < -0.3 is 9.47 Å². The van der Waals surface area contributed by atoms with Crippen LogP contribution in [0.3, 0.4) is 0 Å². The van der Waals surface area contributed by atoms with E-state index >= 15 is 0 Å². The van der Waals surface area contributed by atoms with Gasteiger partial charge in [-0.3, -0.25) is 0 Å². The maximum absolute atomic E-state index is 9.21. The van der Waals surface area contributed by atoms with Gasteiger partial charge in [0.25, 0.3) is 0 Å². The van der Waals surface area contributed by atoms with Crippen LogP contribution in [0.4, 0.5) is 0 Å². The van der Waals surface area contributed by atoms with Crippen LogP contribution in [0.15, 0.2) is 6.07 Å². The fourth-order valence-corrected chi connectivity index (χ4v) is 2.29. The summed E-state index contributed by atoms with van der Waals surface area (Å²) in [7, 11) is 0. The normalized spacial score (nSPS) is 15.4. The van der Waals surface area contributed by atoms with Crippen LogP contribution in [0.25, 0.3) is 0 Å². The lowest BCUT2D eigenvalue weighted by Gasteiger charge is -2.19. The van der Waals surface area contributed by atoms with Crippen molar-refractivity contribution < 1.29 is 9.47 Å². The molecular weight excluding hydrogens is 240 g/mol. The number of pyridine rings is 1. The van der Waals surface area contributed by atoms with Crippen LogP contribution in [-0.2, 0) is 17.6 Å². The number of nitriles is 1. The first kappa shape index (κ1) is 13.8. The van der Waals surface area contributed by atoms with Gasteiger partial charge >= 0.3 is 0 Å². The summed E-state index contributed by atoms with van der Waals surface area (Å²) < 4.78 is 11.1. The smallest absolute Gasteiger partial charge is 0.232 e. The van der Waals surface area contributed by atoms with Crippen molar-refractivity contribution in [1.29, 1.82) is 5.26 Å². The van der Waals surface area contributed by atoms with Gasteiger partial charge in [0.05, 0.1) is 6.61 Å². The minimum atomic E-state index is -0.0961. The van der Waals surface area contributed by atoms with Crippen molar-refractivity contribution in [3.8, 4) is 11.9 Å². The zero-order valence-corrected chi connectivity index (χ0v) is 11.6. The molecule has 1 unspecified atom stereocenters. The summed E-state index contributed by atoms with van der Waals surface area (Å²) in [4.78, 5) is 4.53. The standard InChI is InChI=1S/C15H20N2O2/c1-3-18-10-11(2)19-15-13(9-16)8-12-6-4-5-7-14(12)17-15/h8,11H,3-7,10H2,1-2H3. The van der Waals surface area contributed by atoms with E-state index in [-0.39, 0.29) is 6.10 Å². The number of rotatable bonds is 5. The number of hydrogen-bond donors (Lipinski definition) is 0. The number of aryl methyl sites for hydroxylation is 2. The summed E-state index contributed by atoms with van der Waals surface area (Å²) in [5, 5.41) is 9.21. The highest BCUT2D eigenvalue weighted by Crippen LogP contribution is 2.26.